The van der Waals surface area contributed by atoms with Gasteiger partial charge < -0.3 is 33.2 Å². The second-order valence-electron chi connectivity index (χ2n) is 24.4. The molecule has 1 saturated carbocycles. The first-order chi connectivity index (χ1) is 30.7. The van der Waals surface area contributed by atoms with Crippen LogP contribution in [0.3, 0.4) is 0 Å². The largest absolute Gasteiger partial charge is 0.370 e. The Bertz CT molecular complexity index is 1350. The third kappa shape index (κ3) is 42.9. The minimum Gasteiger partial charge on any atom is -0.370 e. The topological polar surface area (TPSA) is 217 Å². The predicted molar refractivity (Wildman–Crippen MR) is 282 cm³/mol. The highest BCUT2D eigenvalue weighted by atomic mass is 16.2. The summed E-state index contributed by atoms with van der Waals surface area (Å²) in [7, 11) is 0. The highest BCUT2D eigenvalue weighted by Gasteiger charge is 2.34. The van der Waals surface area contributed by atoms with E-state index in [0.29, 0.717) is 85.1 Å². The van der Waals surface area contributed by atoms with Gasteiger partial charge in [-0.3, -0.25) is 28.8 Å². The lowest BCUT2D eigenvalue weighted by Gasteiger charge is -2.28. The summed E-state index contributed by atoms with van der Waals surface area (Å²) in [6.07, 6.45) is 13.9. The maximum Gasteiger partial charge on any atom is 0.221 e. The standard InChI is InChI=1S/C14H26N2O3.C14H30N2O.C14H28.C13H26N2O2/c1-9(2)5-6-12(17)11(8-13(15)18)16-14(19)7-10(3)4;1-11(2)5-7-13(8-6-12(3)4)16-14(17)9-10-15;1-13(2,3)10-11-7-8-12(9-11)14(4,5)6;1-9(2)5-6-12(16)11(8-14)15-13(17)7-10(3)4/h9-11H,5-8H2,1-4H3,(H2,15,18)(H,16,19);11-13H,5-10,15H2,1-4H3,(H,16,17);11-12H,7-10H2,1-6H3;9-11H,5-8,14H2,1-4H3,(H,15,17). The Morgan fingerprint density at radius 3 is 1.25 bits per heavy atom. The van der Waals surface area contributed by atoms with Crippen molar-refractivity contribution in [1.29, 1.82) is 0 Å². The minimum absolute atomic E-state index is 0.0401. The minimum atomic E-state index is -0.775. The number of ketones is 2. The average molecular weight is 952 g/mol. The van der Waals surface area contributed by atoms with Crippen LogP contribution in [0.15, 0.2) is 0 Å². The molecule has 1 rings (SSSR count). The van der Waals surface area contributed by atoms with Gasteiger partial charge in [-0.2, -0.15) is 0 Å². The Hall–Kier alpha value is -2.86. The molecule has 0 aromatic carbocycles. The molecule has 4 amide bonds. The van der Waals surface area contributed by atoms with Crippen molar-refractivity contribution in [3.8, 4) is 0 Å². The van der Waals surface area contributed by atoms with Crippen molar-refractivity contribution in [2.24, 2.45) is 75.4 Å². The van der Waals surface area contributed by atoms with E-state index in [0.717, 1.165) is 37.5 Å². The van der Waals surface area contributed by atoms with Crippen LogP contribution in [-0.2, 0) is 28.8 Å². The number of Topliss-reactive ketones (excluding diaryl/α,β-unsaturated/α-hetero) is 2. The lowest BCUT2D eigenvalue weighted by atomic mass is 9.78. The summed E-state index contributed by atoms with van der Waals surface area (Å²) in [5.41, 5.74) is 17.1. The lowest BCUT2D eigenvalue weighted by Crippen LogP contribution is -2.46. The molecule has 0 aromatic heterocycles. The van der Waals surface area contributed by atoms with E-state index in [4.69, 9.17) is 17.2 Å². The quantitative estimate of drug-likeness (QED) is 0.0464. The van der Waals surface area contributed by atoms with Crippen molar-refractivity contribution < 1.29 is 28.8 Å². The molecule has 0 bridgehead atoms. The van der Waals surface area contributed by atoms with Crippen LogP contribution in [-0.4, -0.2) is 66.4 Å². The van der Waals surface area contributed by atoms with Gasteiger partial charge in [-0.1, -0.05) is 131 Å². The Labute approximate surface area is 412 Å². The maximum absolute atomic E-state index is 12.0. The van der Waals surface area contributed by atoms with Gasteiger partial charge in [0.1, 0.15) is 0 Å². The zero-order valence-corrected chi connectivity index (χ0v) is 46.8. The number of amides is 4. The number of nitrogens with one attached hydrogen (secondary N) is 3. The first-order valence-electron chi connectivity index (χ1n) is 26.3. The maximum atomic E-state index is 12.0. The molecule has 0 aliphatic heterocycles. The summed E-state index contributed by atoms with van der Waals surface area (Å²) < 4.78 is 0. The van der Waals surface area contributed by atoms with Gasteiger partial charge in [0.05, 0.1) is 18.5 Å². The highest BCUT2D eigenvalue weighted by molar-refractivity contribution is 5.93. The molecule has 0 spiro atoms. The molecule has 1 fully saturated rings. The van der Waals surface area contributed by atoms with Crippen LogP contribution in [0.1, 0.15) is 227 Å². The molecule has 1 aliphatic rings. The van der Waals surface area contributed by atoms with Crippen molar-refractivity contribution in [1.82, 2.24) is 16.0 Å². The fourth-order valence-corrected chi connectivity index (χ4v) is 7.88. The molecule has 12 heteroatoms. The van der Waals surface area contributed by atoms with Gasteiger partial charge in [0.2, 0.25) is 23.6 Å². The summed E-state index contributed by atoms with van der Waals surface area (Å²) in [4.78, 5) is 69.5. The summed E-state index contributed by atoms with van der Waals surface area (Å²) in [5.74, 6) is 3.90. The van der Waals surface area contributed by atoms with Crippen molar-refractivity contribution in [2.75, 3.05) is 13.1 Å². The van der Waals surface area contributed by atoms with E-state index in [9.17, 15) is 28.8 Å². The molecule has 0 saturated heterocycles. The van der Waals surface area contributed by atoms with E-state index in [1.54, 1.807) is 0 Å². The lowest BCUT2D eigenvalue weighted by molar-refractivity contribution is -0.130. The first-order valence-corrected chi connectivity index (χ1v) is 26.3. The second-order valence-corrected chi connectivity index (χ2v) is 24.4. The molecular formula is C55H110N6O6. The van der Waals surface area contributed by atoms with Gasteiger partial charge in [0, 0.05) is 51.2 Å². The molecular weight excluding hydrogens is 841 g/mol. The Balaban J connectivity index is -0.000000819. The number of hydrogen-bond donors (Lipinski definition) is 6. The normalized spacial score (nSPS) is 15.9. The van der Waals surface area contributed by atoms with Gasteiger partial charge in [-0.15, -0.1) is 0 Å². The van der Waals surface area contributed by atoms with Crippen LogP contribution in [0.4, 0.5) is 0 Å². The van der Waals surface area contributed by atoms with E-state index < -0.39 is 18.0 Å². The van der Waals surface area contributed by atoms with Crippen LogP contribution in [0.25, 0.3) is 0 Å². The van der Waals surface area contributed by atoms with Crippen molar-refractivity contribution in [3.05, 3.63) is 0 Å². The van der Waals surface area contributed by atoms with Crippen molar-refractivity contribution in [3.63, 3.8) is 0 Å². The number of nitrogens with two attached hydrogens (primary N) is 3. The number of carbonyl (C=O) groups excluding carboxylic acids is 6. The van der Waals surface area contributed by atoms with Crippen LogP contribution >= 0.6 is 0 Å². The zero-order valence-electron chi connectivity index (χ0n) is 46.8. The summed E-state index contributed by atoms with van der Waals surface area (Å²) >= 11 is 0. The number of carbonyl (C=O) groups is 6. The van der Waals surface area contributed by atoms with Crippen LogP contribution in [0.5, 0.6) is 0 Å². The van der Waals surface area contributed by atoms with Crippen LogP contribution in [0, 0.1) is 58.2 Å². The molecule has 396 valence electrons. The Kier molecular flexibility index (Phi) is 37.8. The molecule has 4 atom stereocenters. The molecule has 0 heterocycles. The summed E-state index contributed by atoms with van der Waals surface area (Å²) in [6.45, 7) is 39.8. The van der Waals surface area contributed by atoms with Gasteiger partial charge in [-0.25, -0.2) is 0 Å². The zero-order chi connectivity index (χ0) is 52.7. The Morgan fingerprint density at radius 1 is 0.507 bits per heavy atom. The molecule has 67 heavy (non-hydrogen) atoms. The van der Waals surface area contributed by atoms with Gasteiger partial charge >= 0.3 is 0 Å². The van der Waals surface area contributed by atoms with Gasteiger partial charge in [-0.05, 0) is 116 Å². The van der Waals surface area contributed by atoms with E-state index >= 15 is 0 Å². The third-order valence-corrected chi connectivity index (χ3v) is 11.8. The van der Waals surface area contributed by atoms with E-state index in [1.165, 1.54) is 38.5 Å². The summed E-state index contributed by atoms with van der Waals surface area (Å²) in [6, 6.07) is -0.957. The SMILES string of the molecule is CC(C)(C)CC1CCC(C(C)(C)C)C1.CC(C)CCC(=O)C(CC(N)=O)NC(=O)CC(C)C.CC(C)CCC(=O)C(CN)NC(=O)CC(C)C.CC(C)CCC(CCC(C)C)NC(=O)CCN. The second kappa shape index (κ2) is 37.0. The number of hydrogen-bond acceptors (Lipinski definition) is 8. The third-order valence-electron chi connectivity index (χ3n) is 11.8. The predicted octanol–water partition coefficient (Wildman–Crippen LogP) is 10.5. The summed E-state index contributed by atoms with van der Waals surface area (Å²) in [5, 5.41) is 8.43. The average Bonchev–Trinajstić information content (AvgIpc) is 3.64. The molecule has 0 radical (unpaired) electrons. The van der Waals surface area contributed by atoms with E-state index in [-0.39, 0.29) is 48.2 Å². The Morgan fingerprint density at radius 2 is 0.925 bits per heavy atom. The molecule has 1 aliphatic carbocycles. The molecule has 9 N–H and O–H groups in total. The fourth-order valence-electron chi connectivity index (χ4n) is 7.88. The van der Waals surface area contributed by atoms with E-state index in [1.807, 2.05) is 41.5 Å². The van der Waals surface area contributed by atoms with Gasteiger partial charge in [0.15, 0.2) is 11.6 Å². The fraction of sp³-hybridized carbons (Fsp3) is 0.891. The molecule has 0 aromatic rings. The molecule has 12 nitrogen and oxygen atoms in total. The number of rotatable bonds is 27. The monoisotopic (exact) mass is 951 g/mol. The molecule has 4 unspecified atom stereocenters. The van der Waals surface area contributed by atoms with Crippen molar-refractivity contribution in [2.45, 2.75) is 245 Å². The van der Waals surface area contributed by atoms with Gasteiger partial charge in [0.25, 0.3) is 0 Å². The van der Waals surface area contributed by atoms with Crippen molar-refractivity contribution >= 4 is 35.2 Å². The highest BCUT2D eigenvalue weighted by Crippen LogP contribution is 2.45. The first kappa shape index (κ1) is 68.4. The van der Waals surface area contributed by atoms with Crippen LogP contribution < -0.4 is 33.2 Å². The number of primary amides is 1. The van der Waals surface area contributed by atoms with Crippen LogP contribution in [0.2, 0.25) is 0 Å². The smallest absolute Gasteiger partial charge is 0.221 e. The van der Waals surface area contributed by atoms with E-state index in [2.05, 4.69) is 99.0 Å².